The lowest BCUT2D eigenvalue weighted by atomic mass is 9.93. The summed E-state index contributed by atoms with van der Waals surface area (Å²) in [7, 11) is 0. The molecule has 4 heterocycles. The maximum atomic E-state index is 14.2. The fraction of sp³-hybridized carbons (Fsp3) is 0.100. The highest BCUT2D eigenvalue weighted by molar-refractivity contribution is 5.96. The molecule has 1 N–H and O–H groups in total. The lowest BCUT2D eigenvalue weighted by molar-refractivity contribution is 0.469. The first-order chi connectivity index (χ1) is 18.5. The Kier molecular flexibility index (Phi) is 4.84. The van der Waals surface area contributed by atoms with Crippen LogP contribution in [-0.4, -0.2) is 24.9 Å². The molecule has 2 aliphatic heterocycles. The molecular weight excluding hydrogens is 481 g/mol. The Hall–Kier alpha value is -4.98. The standard InChI is InChI=1S/C30H22FN5O2/c1-17-6-5-7-19-11-22(36-24-8-3-4-9-26(24)38-15-25(36)27(17)19)14-35-30-28(18(2)32-16-33-30)29(34-35)20-10-21(31)13-23(37)12-20/h3-13,15-16,37H,14H2,1-2H3. The number of aromatic hydroxyl groups is 1. The molecule has 2 aliphatic rings. The van der Waals surface area contributed by atoms with Gasteiger partial charge in [0.2, 0.25) is 0 Å². The molecule has 3 aromatic carbocycles. The summed E-state index contributed by atoms with van der Waals surface area (Å²) in [5.41, 5.74) is 8.52. The number of allylic oxidation sites excluding steroid dienone is 1. The fourth-order valence-corrected chi connectivity index (χ4v) is 5.37. The van der Waals surface area contributed by atoms with Crippen molar-refractivity contribution in [2.45, 2.75) is 20.4 Å². The molecule has 8 heteroatoms. The number of ether oxygens (including phenoxy) is 1. The first kappa shape index (κ1) is 22.2. The molecule has 0 amide bonds. The minimum atomic E-state index is -0.543. The molecule has 0 bridgehead atoms. The van der Waals surface area contributed by atoms with Gasteiger partial charge in [0.25, 0.3) is 0 Å². The van der Waals surface area contributed by atoms with Crippen LogP contribution in [0, 0.1) is 19.7 Å². The number of benzene rings is 3. The summed E-state index contributed by atoms with van der Waals surface area (Å²) in [4.78, 5) is 11.1. The number of anilines is 1. The number of aromatic nitrogens is 4. The van der Waals surface area contributed by atoms with E-state index in [0.29, 0.717) is 28.8 Å². The van der Waals surface area contributed by atoms with Crippen molar-refractivity contribution >= 4 is 28.5 Å². The highest BCUT2D eigenvalue weighted by atomic mass is 19.1. The Bertz CT molecular complexity index is 1820. The number of hydrogen-bond acceptors (Lipinski definition) is 6. The van der Waals surface area contributed by atoms with Gasteiger partial charge in [-0.25, -0.2) is 19.0 Å². The van der Waals surface area contributed by atoms with Crippen LogP contribution in [0.1, 0.15) is 22.4 Å². The number of phenols is 1. The maximum absolute atomic E-state index is 14.2. The maximum Gasteiger partial charge on any atom is 0.162 e. The largest absolute Gasteiger partial charge is 0.508 e. The van der Waals surface area contributed by atoms with Gasteiger partial charge in [0, 0.05) is 22.9 Å². The first-order valence-electron chi connectivity index (χ1n) is 12.2. The third-order valence-electron chi connectivity index (χ3n) is 7.00. The molecule has 0 radical (unpaired) electrons. The number of phenolic OH excluding ortho intramolecular Hbond substituents is 1. The van der Waals surface area contributed by atoms with Crippen molar-refractivity contribution < 1.29 is 14.2 Å². The van der Waals surface area contributed by atoms with Gasteiger partial charge < -0.3 is 14.7 Å². The quantitative estimate of drug-likeness (QED) is 0.316. The Morgan fingerprint density at radius 3 is 2.74 bits per heavy atom. The van der Waals surface area contributed by atoms with Gasteiger partial charge in [-0.3, -0.25) is 0 Å². The van der Waals surface area contributed by atoms with E-state index in [0.717, 1.165) is 51.3 Å². The van der Waals surface area contributed by atoms with E-state index in [4.69, 9.17) is 9.84 Å². The van der Waals surface area contributed by atoms with Crippen molar-refractivity contribution in [1.82, 2.24) is 19.7 Å². The summed E-state index contributed by atoms with van der Waals surface area (Å²) in [6.45, 7) is 4.35. The number of nitrogens with zero attached hydrogens (tertiary/aromatic N) is 5. The van der Waals surface area contributed by atoms with Crippen molar-refractivity contribution in [3.63, 3.8) is 0 Å². The van der Waals surface area contributed by atoms with E-state index in [1.54, 1.807) is 6.26 Å². The number of fused-ring (bicyclic) bond motifs is 6. The number of halogens is 1. The van der Waals surface area contributed by atoms with Crippen molar-refractivity contribution in [3.8, 4) is 22.8 Å². The van der Waals surface area contributed by atoms with E-state index < -0.39 is 5.82 Å². The highest BCUT2D eigenvalue weighted by Crippen LogP contribution is 2.46. The molecule has 7 nitrogen and oxygen atoms in total. The van der Waals surface area contributed by atoms with Crippen LogP contribution in [0.25, 0.3) is 34.1 Å². The molecule has 0 spiro atoms. The van der Waals surface area contributed by atoms with Crippen LogP contribution in [0.2, 0.25) is 0 Å². The van der Waals surface area contributed by atoms with Crippen LogP contribution in [0.4, 0.5) is 10.1 Å². The average Bonchev–Trinajstić information content (AvgIpc) is 3.27. The normalized spacial score (nSPS) is 13.8. The van der Waals surface area contributed by atoms with Gasteiger partial charge in [0.1, 0.15) is 29.9 Å². The van der Waals surface area contributed by atoms with Gasteiger partial charge in [-0.1, -0.05) is 30.3 Å². The van der Waals surface area contributed by atoms with E-state index in [9.17, 15) is 9.50 Å². The zero-order chi connectivity index (χ0) is 26.0. The number of rotatable bonds is 3. The lowest BCUT2D eigenvalue weighted by Crippen LogP contribution is -2.30. The SMILES string of the molecule is Cc1cccc2c1C1=COc3ccccc3N1C(Cn1nc(-c3cc(O)cc(F)c3)c3c(C)ncnc31)=C2. The van der Waals surface area contributed by atoms with Crippen LogP contribution >= 0.6 is 0 Å². The van der Waals surface area contributed by atoms with Crippen LogP contribution in [-0.2, 0) is 6.54 Å². The van der Waals surface area contributed by atoms with E-state index in [1.165, 1.54) is 18.5 Å². The Morgan fingerprint density at radius 2 is 1.87 bits per heavy atom. The van der Waals surface area contributed by atoms with Crippen LogP contribution in [0.3, 0.4) is 0 Å². The Morgan fingerprint density at radius 1 is 1.00 bits per heavy atom. The van der Waals surface area contributed by atoms with Gasteiger partial charge in [-0.05, 0) is 55.3 Å². The van der Waals surface area contributed by atoms with Gasteiger partial charge >= 0.3 is 0 Å². The molecule has 0 unspecified atom stereocenters. The Balaban J connectivity index is 1.43. The van der Waals surface area contributed by atoms with Crippen molar-refractivity contribution in [2.24, 2.45) is 0 Å². The monoisotopic (exact) mass is 503 g/mol. The fourth-order valence-electron chi connectivity index (χ4n) is 5.37. The third-order valence-corrected chi connectivity index (χ3v) is 7.00. The van der Waals surface area contributed by atoms with Gasteiger partial charge in [0.15, 0.2) is 11.4 Å². The second kappa shape index (κ2) is 8.27. The lowest BCUT2D eigenvalue weighted by Gasteiger charge is -2.37. The van der Waals surface area contributed by atoms with E-state index >= 15 is 0 Å². The first-order valence-corrected chi connectivity index (χ1v) is 12.2. The van der Waals surface area contributed by atoms with Gasteiger partial charge in [-0.2, -0.15) is 5.10 Å². The zero-order valence-corrected chi connectivity index (χ0v) is 20.7. The summed E-state index contributed by atoms with van der Waals surface area (Å²) in [5.74, 6) is 0.0522. The summed E-state index contributed by atoms with van der Waals surface area (Å²) in [6, 6.07) is 18.1. The molecular formula is C30H22FN5O2. The molecule has 2 aromatic heterocycles. The average molecular weight is 504 g/mol. The molecule has 38 heavy (non-hydrogen) atoms. The van der Waals surface area contributed by atoms with Crippen LogP contribution < -0.4 is 9.64 Å². The second-order valence-electron chi connectivity index (χ2n) is 9.46. The Labute approximate surface area is 217 Å². The summed E-state index contributed by atoms with van der Waals surface area (Å²) >= 11 is 0. The topological polar surface area (TPSA) is 76.3 Å². The predicted molar refractivity (Wildman–Crippen MR) is 144 cm³/mol. The highest BCUT2D eigenvalue weighted by Gasteiger charge is 2.32. The van der Waals surface area contributed by atoms with Gasteiger partial charge in [0.05, 0.1) is 29.0 Å². The van der Waals surface area contributed by atoms with E-state index in [-0.39, 0.29) is 5.75 Å². The molecule has 0 saturated carbocycles. The van der Waals surface area contributed by atoms with Crippen LogP contribution in [0.5, 0.6) is 11.5 Å². The van der Waals surface area contributed by atoms with E-state index in [1.807, 2.05) is 41.9 Å². The minimum Gasteiger partial charge on any atom is -0.508 e. The molecule has 0 aliphatic carbocycles. The predicted octanol–water partition coefficient (Wildman–Crippen LogP) is 6.21. The molecule has 7 rings (SSSR count). The summed E-state index contributed by atoms with van der Waals surface area (Å²) in [5, 5.41) is 15.7. The second-order valence-corrected chi connectivity index (χ2v) is 9.46. The zero-order valence-electron chi connectivity index (χ0n) is 20.7. The van der Waals surface area contributed by atoms with Crippen molar-refractivity contribution in [2.75, 3.05) is 4.90 Å². The minimum absolute atomic E-state index is 0.168. The smallest absolute Gasteiger partial charge is 0.162 e. The molecule has 0 fully saturated rings. The summed E-state index contributed by atoms with van der Waals surface area (Å²) < 4.78 is 22.1. The third kappa shape index (κ3) is 3.37. The molecule has 186 valence electrons. The number of para-hydroxylation sites is 2. The number of aryl methyl sites for hydroxylation is 2. The number of hydrogen-bond donors (Lipinski definition) is 1. The summed E-state index contributed by atoms with van der Waals surface area (Å²) in [6.07, 6.45) is 5.47. The molecule has 0 saturated heterocycles. The van der Waals surface area contributed by atoms with Crippen molar-refractivity contribution in [1.29, 1.82) is 0 Å². The van der Waals surface area contributed by atoms with Gasteiger partial charge in [-0.15, -0.1) is 0 Å². The molecule has 5 aromatic rings. The van der Waals surface area contributed by atoms with Crippen molar-refractivity contribution in [3.05, 3.63) is 107 Å². The van der Waals surface area contributed by atoms with Crippen LogP contribution in [0.15, 0.2) is 79.0 Å². The molecule has 0 atom stereocenters. The van der Waals surface area contributed by atoms with E-state index in [2.05, 4.69) is 40.0 Å².